The van der Waals surface area contributed by atoms with Crippen LogP contribution in [0.4, 0.5) is 0 Å². The van der Waals surface area contributed by atoms with Crippen LogP contribution in [0.25, 0.3) is 0 Å². The van der Waals surface area contributed by atoms with E-state index in [4.69, 9.17) is 9.47 Å². The van der Waals surface area contributed by atoms with Crippen molar-refractivity contribution in [1.29, 1.82) is 0 Å². The van der Waals surface area contributed by atoms with Crippen molar-refractivity contribution in [3.05, 3.63) is 23.8 Å². The lowest BCUT2D eigenvalue weighted by Gasteiger charge is -2.64. The van der Waals surface area contributed by atoms with Gasteiger partial charge in [0, 0.05) is 0 Å². The molecule has 5 heteroatoms. The number of benzene rings is 1. The summed E-state index contributed by atoms with van der Waals surface area (Å²) >= 11 is 0. The van der Waals surface area contributed by atoms with Gasteiger partial charge in [-0.1, -0.05) is 13.8 Å². The van der Waals surface area contributed by atoms with Crippen molar-refractivity contribution in [2.24, 2.45) is 10.8 Å². The lowest BCUT2D eigenvalue weighted by atomic mass is 9.57. The fraction of sp³-hybridized carbons (Fsp3) is 0.684. The van der Waals surface area contributed by atoms with Crippen molar-refractivity contribution in [1.82, 2.24) is 0 Å². The molecule has 24 heavy (non-hydrogen) atoms. The highest BCUT2D eigenvalue weighted by Gasteiger charge is 2.70. The molecule has 5 heterocycles. The number of hydrogen-bond donors (Lipinski definition) is 3. The van der Waals surface area contributed by atoms with Gasteiger partial charge in [-0.2, -0.15) is 0 Å². The first-order chi connectivity index (χ1) is 11.6. The molecule has 5 aliphatic heterocycles. The SMILES string of the molecule is CCC12C[NH+]3CC(CC)(C[NH+](C1)C3c1ccc3c(c1)OCO3)C2O. The summed E-state index contributed by atoms with van der Waals surface area (Å²) in [7, 11) is 0. The van der Waals surface area contributed by atoms with Gasteiger partial charge in [0.15, 0.2) is 11.5 Å². The highest BCUT2D eigenvalue weighted by Crippen LogP contribution is 2.44. The maximum atomic E-state index is 11.1. The highest BCUT2D eigenvalue weighted by molar-refractivity contribution is 5.44. The molecule has 130 valence electrons. The quantitative estimate of drug-likeness (QED) is 0.691. The largest absolute Gasteiger partial charge is 0.454 e. The van der Waals surface area contributed by atoms with E-state index in [1.165, 1.54) is 5.56 Å². The molecular weight excluding hydrogens is 304 g/mol. The second kappa shape index (κ2) is 4.87. The zero-order valence-corrected chi connectivity index (χ0v) is 14.6. The molecule has 1 aromatic rings. The Kier molecular flexibility index (Phi) is 3.04. The summed E-state index contributed by atoms with van der Waals surface area (Å²) < 4.78 is 11.1. The van der Waals surface area contributed by atoms with Crippen LogP contribution in [-0.4, -0.2) is 44.2 Å². The Hall–Kier alpha value is -1.30. The maximum absolute atomic E-state index is 11.1. The molecule has 0 amide bonds. The summed E-state index contributed by atoms with van der Waals surface area (Å²) in [5.74, 6) is 1.75. The van der Waals surface area contributed by atoms with Crippen LogP contribution in [0.2, 0.25) is 0 Å². The third-order valence-electron chi connectivity index (χ3n) is 7.43. The summed E-state index contributed by atoms with van der Waals surface area (Å²) in [4.78, 5) is 3.30. The third kappa shape index (κ3) is 1.75. The van der Waals surface area contributed by atoms with E-state index in [1.807, 2.05) is 0 Å². The number of aliphatic hydroxyl groups excluding tert-OH is 1. The minimum Gasteiger partial charge on any atom is -0.454 e. The number of hydrogen-bond acceptors (Lipinski definition) is 3. The van der Waals surface area contributed by atoms with Crippen molar-refractivity contribution >= 4 is 0 Å². The summed E-state index contributed by atoms with van der Waals surface area (Å²) in [6.45, 7) is 9.22. The molecular formula is C19H28N2O3+2. The van der Waals surface area contributed by atoms with Crippen LogP contribution in [0.5, 0.6) is 11.5 Å². The number of piperidine rings is 2. The van der Waals surface area contributed by atoms with Gasteiger partial charge >= 0.3 is 0 Å². The van der Waals surface area contributed by atoms with Crippen molar-refractivity contribution < 1.29 is 24.4 Å². The molecule has 0 aromatic heterocycles. The van der Waals surface area contributed by atoms with Gasteiger partial charge in [0.05, 0.1) is 48.7 Å². The Labute approximate surface area is 143 Å². The minimum atomic E-state index is -0.134. The Bertz CT molecular complexity index is 637. The molecule has 4 bridgehead atoms. The van der Waals surface area contributed by atoms with E-state index in [2.05, 4.69) is 32.0 Å². The second-order valence-corrected chi connectivity index (χ2v) is 8.40. The number of rotatable bonds is 3. The lowest BCUT2D eigenvalue weighted by Crippen LogP contribution is -3.41. The standard InChI is InChI=1S/C19H26N2O3/c1-3-18-8-20-10-19(4-2,17(18)22)11-21(9-18)16(20)13-5-6-14-15(7-13)24-12-23-14/h5-7,16-17,22H,3-4,8-12H2,1-2H3/p+2. The van der Waals surface area contributed by atoms with Gasteiger partial charge in [-0.25, -0.2) is 0 Å². The Balaban J connectivity index is 1.53. The molecule has 0 atom stereocenters. The maximum Gasteiger partial charge on any atom is 0.240 e. The average molecular weight is 332 g/mol. The normalized spacial score (nSPS) is 45.0. The van der Waals surface area contributed by atoms with Crippen LogP contribution in [0.1, 0.15) is 38.4 Å². The van der Waals surface area contributed by atoms with Crippen LogP contribution >= 0.6 is 0 Å². The van der Waals surface area contributed by atoms with Crippen LogP contribution < -0.4 is 19.3 Å². The first kappa shape index (κ1) is 15.0. The fourth-order valence-electron chi connectivity index (χ4n) is 6.24. The number of nitrogens with one attached hydrogen (secondary N) is 2. The molecule has 4 saturated heterocycles. The van der Waals surface area contributed by atoms with E-state index in [-0.39, 0.29) is 16.9 Å². The van der Waals surface area contributed by atoms with Crippen LogP contribution in [-0.2, 0) is 0 Å². The number of quaternary nitrogens is 2. The van der Waals surface area contributed by atoms with E-state index in [0.29, 0.717) is 13.0 Å². The topological polar surface area (TPSA) is 47.6 Å². The lowest BCUT2D eigenvalue weighted by molar-refractivity contribution is -1.19. The summed E-state index contributed by atoms with van der Waals surface area (Å²) in [5.41, 5.74) is 1.56. The summed E-state index contributed by atoms with van der Waals surface area (Å²) in [6.07, 6.45) is 2.49. The van der Waals surface area contributed by atoms with Crippen molar-refractivity contribution in [2.75, 3.05) is 33.0 Å². The smallest absolute Gasteiger partial charge is 0.240 e. The molecule has 5 nitrogen and oxygen atoms in total. The predicted octanol–water partition coefficient (Wildman–Crippen LogP) is -0.622. The zero-order valence-electron chi connectivity index (χ0n) is 14.6. The number of ether oxygens (including phenoxy) is 2. The van der Waals surface area contributed by atoms with Gasteiger partial charge in [0.25, 0.3) is 0 Å². The number of aliphatic hydroxyl groups is 1. The molecule has 0 aliphatic carbocycles. The van der Waals surface area contributed by atoms with Gasteiger partial charge in [-0.15, -0.1) is 0 Å². The van der Waals surface area contributed by atoms with Crippen LogP contribution in [0.15, 0.2) is 18.2 Å². The van der Waals surface area contributed by atoms with E-state index >= 15 is 0 Å². The van der Waals surface area contributed by atoms with Crippen LogP contribution in [0, 0.1) is 10.8 Å². The van der Waals surface area contributed by atoms with E-state index in [9.17, 15) is 5.11 Å². The van der Waals surface area contributed by atoms with E-state index < -0.39 is 0 Å². The Morgan fingerprint density at radius 2 is 1.58 bits per heavy atom. The highest BCUT2D eigenvalue weighted by atomic mass is 16.7. The van der Waals surface area contributed by atoms with Crippen LogP contribution in [0.3, 0.4) is 0 Å². The molecule has 1 aromatic carbocycles. The second-order valence-electron chi connectivity index (χ2n) is 8.40. The van der Waals surface area contributed by atoms with Gasteiger partial charge in [0.1, 0.15) is 0 Å². The van der Waals surface area contributed by atoms with Gasteiger partial charge in [-0.3, -0.25) is 9.80 Å². The van der Waals surface area contributed by atoms with Crippen molar-refractivity contribution in [3.63, 3.8) is 0 Å². The predicted molar refractivity (Wildman–Crippen MR) is 88.2 cm³/mol. The molecule has 4 fully saturated rings. The fourth-order valence-corrected chi connectivity index (χ4v) is 6.24. The summed E-state index contributed by atoms with van der Waals surface area (Å²) in [5, 5.41) is 11.1. The summed E-state index contributed by atoms with van der Waals surface area (Å²) in [6, 6.07) is 6.46. The van der Waals surface area contributed by atoms with Crippen molar-refractivity contribution in [2.45, 2.75) is 39.0 Å². The molecule has 0 saturated carbocycles. The van der Waals surface area contributed by atoms with Gasteiger partial charge in [-0.05, 0) is 31.0 Å². The van der Waals surface area contributed by atoms with Gasteiger partial charge < -0.3 is 14.6 Å². The number of fused-ring (bicyclic) bond motifs is 1. The van der Waals surface area contributed by atoms with E-state index in [0.717, 1.165) is 50.5 Å². The first-order valence-corrected chi connectivity index (χ1v) is 9.37. The molecule has 0 unspecified atom stereocenters. The Morgan fingerprint density at radius 3 is 2.17 bits per heavy atom. The molecule has 0 spiro atoms. The first-order valence-electron chi connectivity index (χ1n) is 9.37. The van der Waals surface area contributed by atoms with Crippen molar-refractivity contribution in [3.8, 4) is 11.5 Å². The molecule has 0 radical (unpaired) electrons. The van der Waals surface area contributed by atoms with Gasteiger partial charge in [0.2, 0.25) is 13.0 Å². The average Bonchev–Trinajstić information content (AvgIpc) is 3.06. The minimum absolute atomic E-state index is 0.101. The zero-order chi connectivity index (χ0) is 16.5. The Morgan fingerprint density at radius 1 is 1.00 bits per heavy atom. The molecule has 3 N–H and O–H groups in total. The monoisotopic (exact) mass is 332 g/mol. The van der Waals surface area contributed by atoms with E-state index in [1.54, 1.807) is 9.80 Å². The third-order valence-corrected chi connectivity index (χ3v) is 7.43. The molecule has 5 aliphatic rings. The molecule has 6 rings (SSSR count).